The lowest BCUT2D eigenvalue weighted by Gasteiger charge is -2.14. The number of hydrogen-bond donors (Lipinski definition) is 0. The van der Waals surface area contributed by atoms with Crippen LogP contribution >= 0.6 is 15.9 Å². The van der Waals surface area contributed by atoms with E-state index in [2.05, 4.69) is 15.9 Å². The van der Waals surface area contributed by atoms with Gasteiger partial charge in [-0.2, -0.15) is 0 Å². The largest absolute Gasteiger partial charge is 0.496 e. The number of alkyl halides is 1. The molecule has 19 heavy (non-hydrogen) atoms. The third-order valence-corrected chi connectivity index (χ3v) is 3.97. The van der Waals surface area contributed by atoms with Gasteiger partial charge in [0.2, 0.25) is 0 Å². The number of halogens is 2. The Bertz CT molecular complexity index is 568. The van der Waals surface area contributed by atoms with Gasteiger partial charge in [0.15, 0.2) is 0 Å². The molecule has 0 heterocycles. The molecule has 0 aromatic heterocycles. The van der Waals surface area contributed by atoms with Crippen molar-refractivity contribution in [1.29, 1.82) is 0 Å². The summed E-state index contributed by atoms with van der Waals surface area (Å²) in [6, 6.07) is 13.3. The Morgan fingerprint density at radius 2 is 1.89 bits per heavy atom. The van der Waals surface area contributed by atoms with E-state index in [-0.39, 0.29) is 10.6 Å². The number of methoxy groups -OCH3 is 1. The molecule has 3 heteroatoms. The third-order valence-electron chi connectivity index (χ3n) is 3.15. The van der Waals surface area contributed by atoms with E-state index in [1.807, 2.05) is 36.4 Å². The van der Waals surface area contributed by atoms with E-state index in [4.69, 9.17) is 4.74 Å². The topological polar surface area (TPSA) is 9.23 Å². The van der Waals surface area contributed by atoms with Crippen LogP contribution in [0.15, 0.2) is 42.5 Å². The van der Waals surface area contributed by atoms with Crippen molar-refractivity contribution in [3.63, 3.8) is 0 Å². The molecule has 100 valence electrons. The van der Waals surface area contributed by atoms with Crippen LogP contribution in [0.3, 0.4) is 0 Å². The van der Waals surface area contributed by atoms with Gasteiger partial charge in [-0.15, -0.1) is 0 Å². The second kappa shape index (κ2) is 6.20. The number of rotatable bonds is 4. The van der Waals surface area contributed by atoms with E-state index in [9.17, 15) is 4.39 Å². The lowest BCUT2D eigenvalue weighted by atomic mass is 10.0. The molecule has 0 N–H and O–H groups in total. The average Bonchev–Trinajstić information content (AvgIpc) is 2.42. The zero-order valence-corrected chi connectivity index (χ0v) is 12.6. The van der Waals surface area contributed by atoms with Gasteiger partial charge in [-0.05, 0) is 30.5 Å². The molecule has 2 aromatic carbocycles. The fraction of sp³-hybridized carbons (Fsp3) is 0.250. The van der Waals surface area contributed by atoms with Crippen LogP contribution in [-0.4, -0.2) is 7.11 Å². The summed E-state index contributed by atoms with van der Waals surface area (Å²) >= 11 is 3.58. The molecule has 0 radical (unpaired) electrons. The zero-order chi connectivity index (χ0) is 13.8. The molecule has 1 unspecified atom stereocenters. The summed E-state index contributed by atoms with van der Waals surface area (Å²) in [6.45, 7) is 1.78. The van der Waals surface area contributed by atoms with E-state index in [0.29, 0.717) is 17.5 Å². The molecule has 0 aliphatic carbocycles. The Hall–Kier alpha value is -1.35. The number of para-hydroxylation sites is 1. The predicted molar refractivity (Wildman–Crippen MR) is 79.5 cm³/mol. The van der Waals surface area contributed by atoms with Gasteiger partial charge in [0.25, 0.3) is 0 Å². The minimum absolute atomic E-state index is 0.0660. The molecule has 2 aromatic rings. The van der Waals surface area contributed by atoms with Crippen molar-refractivity contribution >= 4 is 15.9 Å². The molecular formula is C16H16BrFO. The summed E-state index contributed by atoms with van der Waals surface area (Å²) in [5, 5.41) is 0. The van der Waals surface area contributed by atoms with Crippen molar-refractivity contribution in [3.8, 4) is 5.75 Å². The van der Waals surface area contributed by atoms with Crippen LogP contribution in [0.1, 0.15) is 21.5 Å². The van der Waals surface area contributed by atoms with Gasteiger partial charge in [-0.1, -0.05) is 52.3 Å². The van der Waals surface area contributed by atoms with E-state index >= 15 is 0 Å². The molecule has 1 nitrogen and oxygen atoms in total. The van der Waals surface area contributed by atoms with Crippen molar-refractivity contribution in [2.75, 3.05) is 7.11 Å². The van der Waals surface area contributed by atoms with Crippen molar-refractivity contribution in [1.82, 2.24) is 0 Å². The highest BCUT2D eigenvalue weighted by molar-refractivity contribution is 9.09. The summed E-state index contributed by atoms with van der Waals surface area (Å²) < 4.78 is 19.4. The van der Waals surface area contributed by atoms with Gasteiger partial charge in [-0.3, -0.25) is 0 Å². The van der Waals surface area contributed by atoms with Gasteiger partial charge in [0.1, 0.15) is 11.6 Å². The summed E-state index contributed by atoms with van der Waals surface area (Å²) in [6.07, 6.45) is 0.685. The molecule has 0 aliphatic rings. The molecule has 0 amide bonds. The Morgan fingerprint density at radius 1 is 1.16 bits per heavy atom. The van der Waals surface area contributed by atoms with Gasteiger partial charge >= 0.3 is 0 Å². The van der Waals surface area contributed by atoms with Crippen molar-refractivity contribution < 1.29 is 9.13 Å². The lowest BCUT2D eigenvalue weighted by Crippen LogP contribution is -2.01. The average molecular weight is 323 g/mol. The number of aryl methyl sites for hydroxylation is 1. The molecular weight excluding hydrogens is 307 g/mol. The Balaban J connectivity index is 2.26. The molecule has 0 bridgehead atoms. The molecule has 0 fully saturated rings. The van der Waals surface area contributed by atoms with Gasteiger partial charge in [0, 0.05) is 10.4 Å². The highest BCUT2D eigenvalue weighted by atomic mass is 79.9. The summed E-state index contributed by atoms with van der Waals surface area (Å²) in [5.41, 5.74) is 2.42. The third kappa shape index (κ3) is 3.16. The monoisotopic (exact) mass is 322 g/mol. The first kappa shape index (κ1) is 14.1. The highest BCUT2D eigenvalue weighted by Gasteiger charge is 2.16. The van der Waals surface area contributed by atoms with Gasteiger partial charge in [0.05, 0.1) is 7.11 Å². The minimum Gasteiger partial charge on any atom is -0.496 e. The van der Waals surface area contributed by atoms with E-state index in [1.54, 1.807) is 20.1 Å². The Labute approximate surface area is 121 Å². The van der Waals surface area contributed by atoms with Crippen LogP contribution in [0.4, 0.5) is 4.39 Å². The number of benzene rings is 2. The quantitative estimate of drug-likeness (QED) is 0.733. The molecule has 0 saturated heterocycles. The second-order valence-corrected chi connectivity index (χ2v) is 5.57. The SMILES string of the molecule is COc1ccccc1CC(Br)c1cccc(C)c1F. The molecule has 1 atom stereocenters. The molecule has 0 aliphatic heterocycles. The first-order valence-corrected chi connectivity index (χ1v) is 7.06. The van der Waals surface area contributed by atoms with Crippen LogP contribution in [0.2, 0.25) is 0 Å². The van der Waals surface area contributed by atoms with E-state index < -0.39 is 0 Å². The fourth-order valence-corrected chi connectivity index (χ4v) is 2.79. The minimum atomic E-state index is -0.140. The summed E-state index contributed by atoms with van der Waals surface area (Å²) in [7, 11) is 1.65. The van der Waals surface area contributed by atoms with Crippen molar-refractivity contribution in [2.24, 2.45) is 0 Å². The Kier molecular flexibility index (Phi) is 4.59. The second-order valence-electron chi connectivity index (χ2n) is 4.46. The highest BCUT2D eigenvalue weighted by Crippen LogP contribution is 2.32. The van der Waals surface area contributed by atoms with Crippen LogP contribution in [0, 0.1) is 12.7 Å². The molecule has 2 rings (SSSR count). The summed E-state index contributed by atoms with van der Waals surface area (Å²) in [5.74, 6) is 0.694. The lowest BCUT2D eigenvalue weighted by molar-refractivity contribution is 0.409. The van der Waals surface area contributed by atoms with Crippen molar-refractivity contribution in [2.45, 2.75) is 18.2 Å². The fourth-order valence-electron chi connectivity index (χ4n) is 2.09. The normalized spacial score (nSPS) is 12.2. The maximum Gasteiger partial charge on any atom is 0.130 e. The first-order chi connectivity index (χ1) is 9.13. The maximum absolute atomic E-state index is 14.1. The van der Waals surface area contributed by atoms with Crippen LogP contribution in [0.5, 0.6) is 5.75 Å². The maximum atomic E-state index is 14.1. The molecule has 0 spiro atoms. The van der Waals surface area contributed by atoms with E-state index in [1.165, 1.54) is 0 Å². The standard InChI is InChI=1S/C16H16BrFO/c1-11-6-5-8-13(16(11)18)14(17)10-12-7-3-4-9-15(12)19-2/h3-9,14H,10H2,1-2H3. The van der Waals surface area contributed by atoms with Crippen LogP contribution in [-0.2, 0) is 6.42 Å². The smallest absolute Gasteiger partial charge is 0.130 e. The number of ether oxygens (including phenoxy) is 1. The first-order valence-electron chi connectivity index (χ1n) is 6.14. The summed E-state index contributed by atoms with van der Waals surface area (Å²) in [4.78, 5) is -0.0660. The zero-order valence-electron chi connectivity index (χ0n) is 11.0. The van der Waals surface area contributed by atoms with Gasteiger partial charge < -0.3 is 4.74 Å². The number of hydrogen-bond acceptors (Lipinski definition) is 1. The Morgan fingerprint density at radius 3 is 2.63 bits per heavy atom. The van der Waals surface area contributed by atoms with E-state index in [0.717, 1.165) is 11.3 Å². The predicted octanol–water partition coefficient (Wildman–Crippen LogP) is 4.82. The van der Waals surface area contributed by atoms with Crippen molar-refractivity contribution in [3.05, 3.63) is 65.0 Å². The van der Waals surface area contributed by atoms with Crippen LogP contribution in [0.25, 0.3) is 0 Å². The molecule has 0 saturated carbocycles. The van der Waals surface area contributed by atoms with Crippen LogP contribution < -0.4 is 4.74 Å². The van der Waals surface area contributed by atoms with Gasteiger partial charge in [-0.25, -0.2) is 4.39 Å².